The van der Waals surface area contributed by atoms with Crippen LogP contribution < -0.4 is 0 Å². The number of sulfone groups is 1. The molecule has 1 aromatic rings. The number of pyridine rings is 1. The van der Waals surface area contributed by atoms with Gasteiger partial charge < -0.3 is 0 Å². The highest BCUT2D eigenvalue weighted by atomic mass is 32.2. The Hall–Kier alpha value is -0.900. The summed E-state index contributed by atoms with van der Waals surface area (Å²) in [6.45, 7) is 6.23. The Morgan fingerprint density at radius 1 is 1.27 bits per heavy atom. The first-order valence-corrected chi connectivity index (χ1v) is 6.87. The van der Waals surface area contributed by atoms with Crippen LogP contribution >= 0.6 is 0 Å². The smallest absolute Gasteiger partial charge is 0.151 e. The topological polar surface area (TPSA) is 47.0 Å². The Morgan fingerprint density at radius 2 is 1.87 bits per heavy atom. The molecule has 15 heavy (non-hydrogen) atoms. The minimum Gasteiger partial charge on any atom is -0.264 e. The van der Waals surface area contributed by atoms with E-state index in [1.807, 2.05) is 6.07 Å². The Balaban J connectivity index is 3.04. The van der Waals surface area contributed by atoms with Crippen LogP contribution in [0.15, 0.2) is 18.5 Å². The summed E-state index contributed by atoms with van der Waals surface area (Å²) < 4.78 is 22.3. The average molecular weight is 227 g/mol. The third-order valence-corrected chi connectivity index (χ3v) is 2.95. The van der Waals surface area contributed by atoms with Crippen LogP contribution in [0.1, 0.15) is 31.9 Å². The van der Waals surface area contributed by atoms with Gasteiger partial charge in [-0.05, 0) is 16.5 Å². The van der Waals surface area contributed by atoms with Crippen molar-refractivity contribution in [2.75, 3.05) is 6.26 Å². The molecule has 0 aliphatic heterocycles. The molecule has 0 N–H and O–H groups in total. The number of nitrogens with zero attached hydrogens (tertiary/aromatic N) is 1. The van der Waals surface area contributed by atoms with E-state index in [1.165, 1.54) is 6.26 Å². The molecule has 0 amide bonds. The third-order valence-electron chi connectivity index (χ3n) is 2.09. The van der Waals surface area contributed by atoms with Gasteiger partial charge in [0.2, 0.25) is 0 Å². The Labute approximate surface area is 91.5 Å². The first kappa shape index (κ1) is 12.2. The third kappa shape index (κ3) is 4.00. The molecular formula is C11H17NO2S. The highest BCUT2D eigenvalue weighted by Gasteiger charge is 2.15. The van der Waals surface area contributed by atoms with E-state index >= 15 is 0 Å². The van der Waals surface area contributed by atoms with E-state index in [1.54, 1.807) is 12.4 Å². The summed E-state index contributed by atoms with van der Waals surface area (Å²) in [5.74, 6) is 0.0594. The molecule has 1 aromatic heterocycles. The molecule has 0 saturated heterocycles. The predicted molar refractivity (Wildman–Crippen MR) is 61.5 cm³/mol. The zero-order valence-electron chi connectivity index (χ0n) is 9.61. The van der Waals surface area contributed by atoms with Gasteiger partial charge in [0.1, 0.15) is 0 Å². The second-order valence-corrected chi connectivity index (χ2v) is 7.04. The molecule has 0 aromatic carbocycles. The van der Waals surface area contributed by atoms with Gasteiger partial charge in [0.05, 0.1) is 5.75 Å². The van der Waals surface area contributed by atoms with E-state index in [0.717, 1.165) is 11.1 Å². The lowest BCUT2D eigenvalue weighted by Gasteiger charge is -2.18. The maximum atomic E-state index is 11.1. The van der Waals surface area contributed by atoms with Crippen molar-refractivity contribution in [1.82, 2.24) is 4.98 Å². The number of aromatic nitrogens is 1. The molecule has 0 radical (unpaired) electrons. The lowest BCUT2D eigenvalue weighted by Crippen LogP contribution is -2.12. The standard InChI is InChI=1S/C11H17NO2S/c1-11(2,3)10-5-9(6-12-7-10)8-15(4,13)14/h5-7H,8H2,1-4H3. The summed E-state index contributed by atoms with van der Waals surface area (Å²) >= 11 is 0. The van der Waals surface area contributed by atoms with E-state index < -0.39 is 9.84 Å². The Kier molecular flexibility index (Phi) is 3.19. The second-order valence-electron chi connectivity index (χ2n) is 4.90. The molecule has 0 aliphatic rings. The van der Waals surface area contributed by atoms with E-state index in [0.29, 0.717) is 0 Å². The molecule has 0 aliphatic carbocycles. The highest BCUT2D eigenvalue weighted by molar-refractivity contribution is 7.89. The van der Waals surface area contributed by atoms with Crippen LogP contribution in [0.2, 0.25) is 0 Å². The molecule has 0 atom stereocenters. The lowest BCUT2D eigenvalue weighted by molar-refractivity contribution is 0.585. The number of hydrogen-bond donors (Lipinski definition) is 0. The Morgan fingerprint density at radius 3 is 2.33 bits per heavy atom. The van der Waals surface area contributed by atoms with Crippen LogP contribution in [0.5, 0.6) is 0 Å². The molecular weight excluding hydrogens is 210 g/mol. The molecule has 0 bridgehead atoms. The van der Waals surface area contributed by atoms with Gasteiger partial charge in [-0.15, -0.1) is 0 Å². The van der Waals surface area contributed by atoms with E-state index in [-0.39, 0.29) is 11.2 Å². The molecule has 0 saturated carbocycles. The zero-order valence-corrected chi connectivity index (χ0v) is 10.4. The minimum atomic E-state index is -2.98. The summed E-state index contributed by atoms with van der Waals surface area (Å²) in [5.41, 5.74) is 1.81. The van der Waals surface area contributed by atoms with E-state index in [4.69, 9.17) is 0 Å². The van der Waals surface area contributed by atoms with Gasteiger partial charge in [-0.2, -0.15) is 0 Å². The number of rotatable bonds is 2. The van der Waals surface area contributed by atoms with Crippen molar-refractivity contribution >= 4 is 9.84 Å². The van der Waals surface area contributed by atoms with Gasteiger partial charge in [-0.25, -0.2) is 8.42 Å². The zero-order chi connectivity index (χ0) is 11.7. The Bertz CT molecular complexity index is 444. The van der Waals surface area contributed by atoms with E-state index in [9.17, 15) is 8.42 Å². The van der Waals surface area contributed by atoms with Gasteiger partial charge in [-0.3, -0.25) is 4.98 Å². The summed E-state index contributed by atoms with van der Waals surface area (Å²) in [7, 11) is -2.98. The highest BCUT2D eigenvalue weighted by Crippen LogP contribution is 2.22. The first-order valence-electron chi connectivity index (χ1n) is 4.80. The fourth-order valence-corrected chi connectivity index (χ4v) is 2.04. The van der Waals surface area contributed by atoms with Crippen molar-refractivity contribution in [1.29, 1.82) is 0 Å². The summed E-state index contributed by atoms with van der Waals surface area (Å²) in [6, 6.07) is 1.91. The molecule has 1 heterocycles. The maximum Gasteiger partial charge on any atom is 0.151 e. The average Bonchev–Trinajstić information content (AvgIpc) is 1.99. The monoisotopic (exact) mass is 227 g/mol. The molecule has 84 valence electrons. The molecule has 0 unspecified atom stereocenters. The van der Waals surface area contributed by atoms with Crippen molar-refractivity contribution in [2.24, 2.45) is 0 Å². The first-order chi connectivity index (χ1) is 6.68. The van der Waals surface area contributed by atoms with Gasteiger partial charge in [-0.1, -0.05) is 26.8 Å². The summed E-state index contributed by atoms with van der Waals surface area (Å²) in [6.07, 6.45) is 4.62. The minimum absolute atomic E-state index is 0.000509. The van der Waals surface area contributed by atoms with Crippen molar-refractivity contribution in [3.8, 4) is 0 Å². The quantitative estimate of drug-likeness (QED) is 0.775. The van der Waals surface area contributed by atoms with Crippen molar-refractivity contribution < 1.29 is 8.42 Å². The van der Waals surface area contributed by atoms with Crippen LogP contribution in [0.25, 0.3) is 0 Å². The van der Waals surface area contributed by atoms with Gasteiger partial charge >= 0.3 is 0 Å². The molecule has 0 spiro atoms. The molecule has 4 heteroatoms. The van der Waals surface area contributed by atoms with Crippen molar-refractivity contribution in [3.63, 3.8) is 0 Å². The van der Waals surface area contributed by atoms with Crippen LogP contribution in [0.4, 0.5) is 0 Å². The summed E-state index contributed by atoms with van der Waals surface area (Å²) in [4.78, 5) is 4.07. The maximum absolute atomic E-state index is 11.1. The lowest BCUT2D eigenvalue weighted by atomic mass is 9.88. The normalized spacial score (nSPS) is 12.8. The largest absolute Gasteiger partial charge is 0.264 e. The van der Waals surface area contributed by atoms with Gasteiger partial charge in [0.15, 0.2) is 9.84 Å². The second kappa shape index (κ2) is 3.93. The van der Waals surface area contributed by atoms with Gasteiger partial charge in [0, 0.05) is 18.6 Å². The number of hydrogen-bond acceptors (Lipinski definition) is 3. The van der Waals surface area contributed by atoms with Crippen LogP contribution in [0, 0.1) is 0 Å². The van der Waals surface area contributed by atoms with Crippen molar-refractivity contribution in [3.05, 3.63) is 29.6 Å². The van der Waals surface area contributed by atoms with Crippen LogP contribution in [-0.4, -0.2) is 19.7 Å². The summed E-state index contributed by atoms with van der Waals surface area (Å²) in [5, 5.41) is 0. The molecule has 3 nitrogen and oxygen atoms in total. The fraction of sp³-hybridized carbons (Fsp3) is 0.545. The molecule has 1 rings (SSSR count). The predicted octanol–water partition coefficient (Wildman–Crippen LogP) is 1.92. The van der Waals surface area contributed by atoms with Crippen LogP contribution in [0.3, 0.4) is 0 Å². The fourth-order valence-electron chi connectivity index (χ4n) is 1.28. The molecule has 0 fully saturated rings. The van der Waals surface area contributed by atoms with Gasteiger partial charge in [0.25, 0.3) is 0 Å². The van der Waals surface area contributed by atoms with E-state index in [2.05, 4.69) is 25.8 Å². The SMILES string of the molecule is CC(C)(C)c1cncc(CS(C)(=O)=O)c1. The van der Waals surface area contributed by atoms with Crippen LogP contribution in [-0.2, 0) is 21.0 Å². The van der Waals surface area contributed by atoms with Crippen molar-refractivity contribution in [2.45, 2.75) is 31.9 Å².